The van der Waals surface area contributed by atoms with Crippen molar-refractivity contribution in [3.8, 4) is 6.19 Å². The summed E-state index contributed by atoms with van der Waals surface area (Å²) in [5, 5.41) is 14.4. The summed E-state index contributed by atoms with van der Waals surface area (Å²) in [6.07, 6.45) is 13.8. The molecule has 0 aromatic carbocycles. The van der Waals surface area contributed by atoms with Crippen LogP contribution >= 0.6 is 11.9 Å². The zero-order valence-electron chi connectivity index (χ0n) is 23.2. The topological polar surface area (TPSA) is 113 Å². The van der Waals surface area contributed by atoms with Gasteiger partial charge in [0.1, 0.15) is 0 Å². The van der Waals surface area contributed by atoms with Gasteiger partial charge in [-0.2, -0.15) is 9.65 Å². The Hall–Kier alpha value is -2.01. The summed E-state index contributed by atoms with van der Waals surface area (Å²) < 4.78 is 31.4. The van der Waals surface area contributed by atoms with Crippen LogP contribution in [0.4, 0.5) is 10.1 Å². The first-order valence-electron chi connectivity index (χ1n) is 14.0. The van der Waals surface area contributed by atoms with Gasteiger partial charge in [-0.3, -0.25) is 15.1 Å². The second kappa shape index (κ2) is 22.8. The Balaban J connectivity index is 1.61. The third-order valence-electron chi connectivity index (χ3n) is 6.12. The maximum atomic E-state index is 13.3. The van der Waals surface area contributed by atoms with E-state index in [0.717, 1.165) is 38.0 Å². The number of anilines is 1. The summed E-state index contributed by atoms with van der Waals surface area (Å²) in [6.45, 7) is 4.98. The Bertz CT molecular complexity index is 826. The van der Waals surface area contributed by atoms with Gasteiger partial charge in [0.2, 0.25) is 11.9 Å². The number of nitriles is 1. The van der Waals surface area contributed by atoms with Gasteiger partial charge in [0, 0.05) is 37.4 Å². The first-order valence-corrected chi connectivity index (χ1v) is 14.9. The number of halogens is 1. The molecule has 10 nitrogen and oxygen atoms in total. The number of aliphatic imine (C=N–C) groups is 1. The van der Waals surface area contributed by atoms with E-state index in [0.29, 0.717) is 63.7 Å². The third-order valence-corrected chi connectivity index (χ3v) is 7.17. The lowest BCUT2D eigenvalue weighted by Gasteiger charge is -2.26. The molecular formula is C27H45FN6O4S. The van der Waals surface area contributed by atoms with Crippen LogP contribution in [0.15, 0.2) is 23.3 Å². The number of nitrogens with zero attached hydrogens (tertiary/aromatic N) is 4. The Labute approximate surface area is 237 Å². The SMILES string of the molecule is COCCOCCOCCN(OCC1CCCCC1)SCCCCCCN=C(NC#N)Nc1ccnc(F)c1. The van der Waals surface area contributed by atoms with Gasteiger partial charge in [-0.1, -0.05) is 44.1 Å². The fraction of sp³-hybridized carbons (Fsp3) is 0.741. The van der Waals surface area contributed by atoms with Crippen LogP contribution < -0.4 is 10.6 Å². The van der Waals surface area contributed by atoms with E-state index in [2.05, 4.69) is 20.6 Å². The van der Waals surface area contributed by atoms with E-state index >= 15 is 0 Å². The van der Waals surface area contributed by atoms with Crippen molar-refractivity contribution in [1.82, 2.24) is 14.8 Å². The van der Waals surface area contributed by atoms with E-state index in [9.17, 15) is 4.39 Å². The Morgan fingerprint density at radius 1 is 1.13 bits per heavy atom. The first kappa shape index (κ1) is 33.2. The zero-order chi connectivity index (χ0) is 27.8. The van der Waals surface area contributed by atoms with Crippen molar-refractivity contribution in [3.05, 3.63) is 24.3 Å². The molecule has 2 N–H and O–H groups in total. The minimum atomic E-state index is -0.594. The van der Waals surface area contributed by atoms with Crippen LogP contribution in [0.3, 0.4) is 0 Å². The van der Waals surface area contributed by atoms with E-state index in [1.165, 1.54) is 44.4 Å². The molecular weight excluding hydrogens is 523 g/mol. The standard InChI is InChI=1S/C27H45FN6O4S/c1-35-16-17-37-19-18-36-15-14-34(38-22-24-9-5-4-6-10-24)39-20-8-3-2-7-12-31-27(32-23-29)33-25-11-13-30-26(28)21-25/h11,13,21,24H,2-10,12,14-20,22H2,1H3,(H2,30,31,32,33). The summed E-state index contributed by atoms with van der Waals surface area (Å²) in [7, 11) is 1.66. The van der Waals surface area contributed by atoms with Crippen LogP contribution in [0.1, 0.15) is 57.8 Å². The second-order valence-electron chi connectivity index (χ2n) is 9.28. The molecule has 0 bridgehead atoms. The van der Waals surface area contributed by atoms with Crippen LogP contribution in [-0.2, 0) is 19.0 Å². The van der Waals surface area contributed by atoms with Crippen LogP contribution in [0, 0.1) is 23.3 Å². The minimum Gasteiger partial charge on any atom is -0.382 e. The highest BCUT2D eigenvalue weighted by Gasteiger charge is 2.16. The Morgan fingerprint density at radius 2 is 1.90 bits per heavy atom. The van der Waals surface area contributed by atoms with Gasteiger partial charge < -0.3 is 19.5 Å². The van der Waals surface area contributed by atoms with Gasteiger partial charge >= 0.3 is 0 Å². The largest absolute Gasteiger partial charge is 0.382 e. The lowest BCUT2D eigenvalue weighted by molar-refractivity contribution is -0.105. The molecule has 1 saturated carbocycles. The molecule has 0 radical (unpaired) electrons. The average Bonchev–Trinajstić information content (AvgIpc) is 2.94. The summed E-state index contributed by atoms with van der Waals surface area (Å²) >= 11 is 1.73. The summed E-state index contributed by atoms with van der Waals surface area (Å²) in [4.78, 5) is 14.1. The highest BCUT2D eigenvalue weighted by molar-refractivity contribution is 7.96. The van der Waals surface area contributed by atoms with E-state index in [1.54, 1.807) is 25.1 Å². The normalized spacial score (nSPS) is 14.5. The molecule has 1 fully saturated rings. The highest BCUT2D eigenvalue weighted by atomic mass is 32.2. The third kappa shape index (κ3) is 17.3. The van der Waals surface area contributed by atoms with Crippen molar-refractivity contribution in [1.29, 1.82) is 5.26 Å². The van der Waals surface area contributed by atoms with Crippen LogP contribution in [0.5, 0.6) is 0 Å². The van der Waals surface area contributed by atoms with Crippen molar-refractivity contribution < 1.29 is 23.4 Å². The van der Waals surface area contributed by atoms with Crippen molar-refractivity contribution in [2.24, 2.45) is 10.9 Å². The minimum absolute atomic E-state index is 0.299. The number of hydrogen-bond acceptors (Lipinski definition) is 9. The number of nitrogens with one attached hydrogen (secondary N) is 2. The summed E-state index contributed by atoms with van der Waals surface area (Å²) in [5.74, 6) is 1.34. The Kier molecular flexibility index (Phi) is 19.4. The number of hydrogen-bond donors (Lipinski definition) is 2. The monoisotopic (exact) mass is 568 g/mol. The fourth-order valence-corrected chi connectivity index (χ4v) is 4.89. The second-order valence-corrected chi connectivity index (χ2v) is 10.4. The van der Waals surface area contributed by atoms with Crippen molar-refractivity contribution >= 4 is 23.6 Å². The van der Waals surface area contributed by atoms with Gasteiger partial charge in [0.15, 0.2) is 6.19 Å². The maximum absolute atomic E-state index is 13.3. The molecule has 0 amide bonds. The van der Waals surface area contributed by atoms with Gasteiger partial charge in [-0.15, -0.1) is 4.47 Å². The molecule has 2 rings (SSSR count). The molecule has 0 unspecified atom stereocenters. The van der Waals surface area contributed by atoms with Gasteiger partial charge in [-0.25, -0.2) is 4.98 Å². The van der Waals surface area contributed by atoms with Crippen molar-refractivity contribution in [2.75, 3.05) is 70.9 Å². The average molecular weight is 569 g/mol. The van der Waals surface area contributed by atoms with Crippen LogP contribution in [0.2, 0.25) is 0 Å². The van der Waals surface area contributed by atoms with Gasteiger partial charge in [0.25, 0.3) is 0 Å². The molecule has 0 spiro atoms. The summed E-state index contributed by atoms with van der Waals surface area (Å²) in [6, 6.07) is 2.86. The molecule has 0 atom stereocenters. The molecule has 1 aromatic heterocycles. The van der Waals surface area contributed by atoms with Gasteiger partial charge in [-0.05, 0) is 37.7 Å². The smallest absolute Gasteiger partial charge is 0.214 e. The van der Waals surface area contributed by atoms with Crippen molar-refractivity contribution in [3.63, 3.8) is 0 Å². The maximum Gasteiger partial charge on any atom is 0.214 e. The van der Waals surface area contributed by atoms with Crippen LogP contribution in [0.25, 0.3) is 0 Å². The molecule has 220 valence electrons. The predicted molar refractivity (Wildman–Crippen MR) is 153 cm³/mol. The number of unbranched alkanes of at least 4 members (excludes halogenated alkanes) is 3. The number of guanidine groups is 1. The van der Waals surface area contributed by atoms with Crippen LogP contribution in [-0.4, -0.2) is 81.0 Å². The quantitative estimate of drug-likeness (QED) is 0.0314. The first-order chi connectivity index (χ1) is 19.2. The summed E-state index contributed by atoms with van der Waals surface area (Å²) in [5.41, 5.74) is 0.483. The number of methoxy groups -OCH3 is 1. The lowest BCUT2D eigenvalue weighted by atomic mass is 9.90. The molecule has 1 aliphatic carbocycles. The molecule has 12 heteroatoms. The van der Waals surface area contributed by atoms with E-state index in [1.807, 2.05) is 10.7 Å². The molecule has 39 heavy (non-hydrogen) atoms. The predicted octanol–water partition coefficient (Wildman–Crippen LogP) is 4.76. The lowest BCUT2D eigenvalue weighted by Crippen LogP contribution is -2.27. The molecule has 1 heterocycles. The zero-order valence-corrected chi connectivity index (χ0v) is 24.1. The van der Waals surface area contributed by atoms with E-state index in [4.69, 9.17) is 24.3 Å². The van der Waals surface area contributed by atoms with E-state index in [-0.39, 0.29) is 0 Å². The number of ether oxygens (including phenoxy) is 3. The highest BCUT2D eigenvalue weighted by Crippen LogP contribution is 2.25. The fourth-order valence-electron chi connectivity index (χ4n) is 4.02. The number of hydroxylamine groups is 1. The number of pyridine rings is 1. The molecule has 0 aliphatic heterocycles. The molecule has 1 aromatic rings. The molecule has 1 aliphatic rings. The number of rotatable bonds is 21. The Morgan fingerprint density at radius 3 is 2.67 bits per heavy atom. The number of aromatic nitrogens is 1. The van der Waals surface area contributed by atoms with Crippen molar-refractivity contribution in [2.45, 2.75) is 57.8 Å². The van der Waals surface area contributed by atoms with E-state index < -0.39 is 5.95 Å². The van der Waals surface area contributed by atoms with Gasteiger partial charge in [0.05, 0.1) is 46.2 Å². The molecule has 0 saturated heterocycles.